The van der Waals surface area contributed by atoms with Crippen molar-refractivity contribution in [1.29, 1.82) is 0 Å². The molecular weight excluding hydrogens is 468 g/mol. The van der Waals surface area contributed by atoms with Gasteiger partial charge in [0.2, 0.25) is 5.91 Å². The first-order chi connectivity index (χ1) is 14.8. The molecule has 0 unspecified atom stereocenters. The standard InChI is InChI=1S/C22H23BrN2O6/c1-3-14-12-16(23)6-9-18(14)25-20(27)13-31-21(28)11-10-19(26)24-17-7-4-15(5-8-17)22(29)30-2/h4-9,12H,3,10-11,13H2,1-2H3,(H,24,26)(H,25,27). The van der Waals surface area contributed by atoms with E-state index in [2.05, 4.69) is 31.3 Å². The molecule has 0 bridgehead atoms. The van der Waals surface area contributed by atoms with Crippen molar-refractivity contribution in [3.05, 3.63) is 58.1 Å². The Kier molecular flexibility index (Phi) is 9.20. The largest absolute Gasteiger partial charge is 0.465 e. The average molecular weight is 491 g/mol. The number of halogens is 1. The molecule has 2 amide bonds. The van der Waals surface area contributed by atoms with Gasteiger partial charge in [-0.25, -0.2) is 4.79 Å². The first-order valence-electron chi connectivity index (χ1n) is 9.54. The molecule has 0 aliphatic rings. The summed E-state index contributed by atoms with van der Waals surface area (Å²) in [5.74, 6) is -1.98. The normalized spacial score (nSPS) is 10.2. The molecule has 0 aromatic heterocycles. The molecule has 8 nitrogen and oxygen atoms in total. The summed E-state index contributed by atoms with van der Waals surface area (Å²) in [6, 6.07) is 11.6. The van der Waals surface area contributed by atoms with Gasteiger partial charge >= 0.3 is 11.9 Å². The van der Waals surface area contributed by atoms with Gasteiger partial charge in [0.05, 0.1) is 19.1 Å². The van der Waals surface area contributed by atoms with Gasteiger partial charge in [0, 0.05) is 22.3 Å². The Morgan fingerprint density at radius 1 is 0.935 bits per heavy atom. The lowest BCUT2D eigenvalue weighted by Crippen LogP contribution is -2.22. The van der Waals surface area contributed by atoms with E-state index in [9.17, 15) is 19.2 Å². The van der Waals surface area contributed by atoms with E-state index in [1.807, 2.05) is 19.1 Å². The van der Waals surface area contributed by atoms with E-state index >= 15 is 0 Å². The molecule has 2 N–H and O–H groups in total. The molecule has 0 fully saturated rings. The summed E-state index contributed by atoms with van der Waals surface area (Å²) in [6.07, 6.45) is 0.457. The Morgan fingerprint density at radius 2 is 1.65 bits per heavy atom. The summed E-state index contributed by atoms with van der Waals surface area (Å²) >= 11 is 3.38. The van der Waals surface area contributed by atoms with E-state index in [4.69, 9.17) is 4.74 Å². The van der Waals surface area contributed by atoms with Gasteiger partial charge in [0.1, 0.15) is 0 Å². The van der Waals surface area contributed by atoms with Gasteiger partial charge < -0.3 is 20.1 Å². The Labute approximate surface area is 188 Å². The minimum atomic E-state index is -0.655. The lowest BCUT2D eigenvalue weighted by Gasteiger charge is -2.11. The fourth-order valence-electron chi connectivity index (χ4n) is 2.63. The first kappa shape index (κ1) is 24.1. The molecule has 0 aliphatic heterocycles. The van der Waals surface area contributed by atoms with Gasteiger partial charge in [-0.3, -0.25) is 14.4 Å². The van der Waals surface area contributed by atoms with Gasteiger partial charge in [-0.1, -0.05) is 22.9 Å². The minimum absolute atomic E-state index is 0.105. The van der Waals surface area contributed by atoms with Crippen molar-refractivity contribution in [3.63, 3.8) is 0 Å². The molecular formula is C22H23BrN2O6. The van der Waals surface area contributed by atoms with Crippen molar-refractivity contribution in [3.8, 4) is 0 Å². The van der Waals surface area contributed by atoms with Crippen LogP contribution in [0.2, 0.25) is 0 Å². The summed E-state index contributed by atoms with van der Waals surface area (Å²) in [7, 11) is 1.28. The quantitative estimate of drug-likeness (QED) is 0.518. The molecule has 2 aromatic carbocycles. The summed E-state index contributed by atoms with van der Waals surface area (Å²) in [5, 5.41) is 5.32. The van der Waals surface area contributed by atoms with Crippen LogP contribution in [0.5, 0.6) is 0 Å². The van der Waals surface area contributed by atoms with E-state index < -0.39 is 30.4 Å². The van der Waals surface area contributed by atoms with Crippen LogP contribution in [0.4, 0.5) is 11.4 Å². The molecule has 0 heterocycles. The van der Waals surface area contributed by atoms with E-state index in [0.717, 1.165) is 16.5 Å². The zero-order valence-corrected chi connectivity index (χ0v) is 18.8. The van der Waals surface area contributed by atoms with Crippen LogP contribution in [0.3, 0.4) is 0 Å². The van der Waals surface area contributed by atoms with Crippen molar-refractivity contribution < 1.29 is 28.7 Å². The topological polar surface area (TPSA) is 111 Å². The maximum absolute atomic E-state index is 12.0. The fourth-order valence-corrected chi connectivity index (χ4v) is 3.04. The predicted octanol–water partition coefficient (Wildman–Crippen LogP) is 3.70. The molecule has 0 spiro atoms. The third-order valence-corrected chi connectivity index (χ3v) is 4.73. The number of rotatable bonds is 9. The van der Waals surface area contributed by atoms with Gasteiger partial charge in [0.15, 0.2) is 6.61 Å². The zero-order valence-electron chi connectivity index (χ0n) is 17.2. The van der Waals surface area contributed by atoms with Crippen molar-refractivity contribution in [2.45, 2.75) is 26.2 Å². The second-order valence-electron chi connectivity index (χ2n) is 6.48. The Hall–Kier alpha value is -3.20. The van der Waals surface area contributed by atoms with Crippen LogP contribution in [0.15, 0.2) is 46.9 Å². The number of esters is 2. The van der Waals surface area contributed by atoms with Crippen LogP contribution in [-0.4, -0.2) is 37.5 Å². The van der Waals surface area contributed by atoms with Crippen molar-refractivity contribution in [2.24, 2.45) is 0 Å². The third-order valence-electron chi connectivity index (χ3n) is 4.23. The summed E-state index contributed by atoms with van der Waals surface area (Å²) in [5.41, 5.74) is 2.44. The van der Waals surface area contributed by atoms with Crippen LogP contribution >= 0.6 is 15.9 Å². The summed E-state index contributed by atoms with van der Waals surface area (Å²) in [4.78, 5) is 47.2. The Morgan fingerprint density at radius 3 is 2.29 bits per heavy atom. The lowest BCUT2D eigenvalue weighted by atomic mass is 10.1. The van der Waals surface area contributed by atoms with Gasteiger partial charge in [-0.2, -0.15) is 0 Å². The molecule has 0 saturated carbocycles. The number of hydrogen-bond donors (Lipinski definition) is 2. The number of aryl methyl sites for hydroxylation is 1. The molecule has 9 heteroatoms. The number of ether oxygens (including phenoxy) is 2. The number of anilines is 2. The monoisotopic (exact) mass is 490 g/mol. The molecule has 2 aromatic rings. The second kappa shape index (κ2) is 11.8. The van der Waals surface area contributed by atoms with E-state index in [1.165, 1.54) is 19.2 Å². The summed E-state index contributed by atoms with van der Waals surface area (Å²) in [6.45, 7) is 1.53. The highest BCUT2D eigenvalue weighted by molar-refractivity contribution is 9.10. The van der Waals surface area contributed by atoms with Gasteiger partial charge in [0.25, 0.3) is 5.91 Å². The second-order valence-corrected chi connectivity index (χ2v) is 7.40. The van der Waals surface area contributed by atoms with Gasteiger partial charge in [-0.15, -0.1) is 0 Å². The lowest BCUT2D eigenvalue weighted by molar-refractivity contribution is -0.147. The fraction of sp³-hybridized carbons (Fsp3) is 0.273. The maximum atomic E-state index is 12.0. The first-order valence-corrected chi connectivity index (χ1v) is 10.3. The Bertz CT molecular complexity index is 959. The molecule has 0 saturated heterocycles. The number of benzene rings is 2. The van der Waals surface area contributed by atoms with E-state index in [0.29, 0.717) is 16.9 Å². The average Bonchev–Trinajstić information content (AvgIpc) is 2.77. The Balaban J connectivity index is 1.73. The smallest absolute Gasteiger partial charge is 0.337 e. The molecule has 2 rings (SSSR count). The number of carbonyl (C=O) groups excluding carboxylic acids is 4. The van der Waals surface area contributed by atoms with Crippen molar-refractivity contribution in [1.82, 2.24) is 0 Å². The van der Waals surface area contributed by atoms with Crippen LogP contribution < -0.4 is 10.6 Å². The van der Waals surface area contributed by atoms with Gasteiger partial charge in [-0.05, 0) is 54.4 Å². The number of amides is 2. The zero-order chi connectivity index (χ0) is 22.8. The van der Waals surface area contributed by atoms with Crippen LogP contribution in [0.1, 0.15) is 35.7 Å². The maximum Gasteiger partial charge on any atom is 0.337 e. The predicted molar refractivity (Wildman–Crippen MR) is 119 cm³/mol. The van der Waals surface area contributed by atoms with Crippen molar-refractivity contribution >= 4 is 51.1 Å². The minimum Gasteiger partial charge on any atom is -0.465 e. The highest BCUT2D eigenvalue weighted by Gasteiger charge is 2.12. The number of carbonyl (C=O) groups is 4. The molecule has 0 radical (unpaired) electrons. The number of nitrogens with one attached hydrogen (secondary N) is 2. The van der Waals surface area contributed by atoms with E-state index in [1.54, 1.807) is 18.2 Å². The molecule has 31 heavy (non-hydrogen) atoms. The van der Waals surface area contributed by atoms with Crippen molar-refractivity contribution in [2.75, 3.05) is 24.4 Å². The molecule has 164 valence electrons. The number of methoxy groups -OCH3 is 1. The SMILES string of the molecule is CCc1cc(Br)ccc1NC(=O)COC(=O)CCC(=O)Nc1ccc(C(=O)OC)cc1. The highest BCUT2D eigenvalue weighted by atomic mass is 79.9. The third kappa shape index (κ3) is 7.86. The van der Waals surface area contributed by atoms with Crippen LogP contribution in [-0.2, 0) is 30.3 Å². The van der Waals surface area contributed by atoms with E-state index in [-0.39, 0.29) is 12.8 Å². The molecule has 0 aliphatic carbocycles. The van der Waals surface area contributed by atoms with Crippen LogP contribution in [0, 0.1) is 0 Å². The number of hydrogen-bond acceptors (Lipinski definition) is 6. The van der Waals surface area contributed by atoms with Crippen LogP contribution in [0.25, 0.3) is 0 Å². The highest BCUT2D eigenvalue weighted by Crippen LogP contribution is 2.21. The molecule has 0 atom stereocenters. The summed E-state index contributed by atoms with van der Waals surface area (Å²) < 4.78 is 10.4.